The molecular weight excluding hydrogens is 328 g/mol. The number of carbonyl (C=O) groups excluding carboxylic acids is 1. The molecule has 130 valence electrons. The van der Waals surface area contributed by atoms with Crippen LogP contribution in [0.4, 0.5) is 5.69 Å². The summed E-state index contributed by atoms with van der Waals surface area (Å²) in [6.07, 6.45) is 3.82. The van der Waals surface area contributed by atoms with Gasteiger partial charge in [0.1, 0.15) is 0 Å². The summed E-state index contributed by atoms with van der Waals surface area (Å²) in [5.74, 6) is -0.470. The number of amides is 1. The maximum absolute atomic E-state index is 11.9. The fraction of sp³-hybridized carbons (Fsp3) is 0.188. The number of carbonyl (C=O) groups is 1. The highest BCUT2D eigenvalue weighted by atomic mass is 16.6. The standard InChI is InChI=1S/C16H16N4O5/c1-18-10-12(15(22)19(2)16(18)23)6-7-14(21)17-9-11-4-3-5-13(8-11)20(24)25/h3-8,10H,9H2,1-2H3,(H,17,21)/b7-6+. The number of aromatic nitrogens is 2. The van der Waals surface area contributed by atoms with Crippen LogP contribution in [-0.2, 0) is 25.4 Å². The molecule has 9 nitrogen and oxygen atoms in total. The van der Waals surface area contributed by atoms with E-state index in [9.17, 15) is 24.5 Å². The van der Waals surface area contributed by atoms with Gasteiger partial charge < -0.3 is 9.88 Å². The SMILES string of the molecule is Cn1cc(/C=C/C(=O)NCc2cccc([N+](=O)[O-])c2)c(=O)n(C)c1=O. The fourth-order valence-corrected chi connectivity index (χ4v) is 2.14. The largest absolute Gasteiger partial charge is 0.348 e. The van der Waals surface area contributed by atoms with Gasteiger partial charge in [-0.15, -0.1) is 0 Å². The maximum Gasteiger partial charge on any atom is 0.330 e. The van der Waals surface area contributed by atoms with Crippen LogP contribution in [0.2, 0.25) is 0 Å². The highest BCUT2D eigenvalue weighted by Crippen LogP contribution is 2.12. The van der Waals surface area contributed by atoms with Crippen molar-refractivity contribution in [1.29, 1.82) is 0 Å². The van der Waals surface area contributed by atoms with Crippen LogP contribution in [0.15, 0.2) is 46.1 Å². The number of non-ortho nitro benzene ring substituents is 1. The minimum Gasteiger partial charge on any atom is -0.348 e. The predicted molar refractivity (Wildman–Crippen MR) is 90.9 cm³/mol. The molecule has 0 aliphatic carbocycles. The van der Waals surface area contributed by atoms with E-state index >= 15 is 0 Å². The van der Waals surface area contributed by atoms with Gasteiger partial charge in [0.25, 0.3) is 11.2 Å². The minimum absolute atomic E-state index is 0.0593. The third-order valence-electron chi connectivity index (χ3n) is 3.48. The number of rotatable bonds is 5. The molecule has 0 atom stereocenters. The number of aryl methyl sites for hydroxylation is 1. The number of nitrogens with one attached hydrogen (secondary N) is 1. The predicted octanol–water partition coefficient (Wildman–Crippen LogP) is 0.322. The van der Waals surface area contributed by atoms with E-state index in [0.717, 1.165) is 4.57 Å². The molecule has 0 aliphatic heterocycles. The molecule has 0 saturated carbocycles. The van der Waals surface area contributed by atoms with E-state index in [2.05, 4.69) is 5.32 Å². The van der Waals surface area contributed by atoms with Gasteiger partial charge in [-0.05, 0) is 11.6 Å². The second kappa shape index (κ2) is 7.39. The Hall–Kier alpha value is -3.49. The molecule has 1 heterocycles. The molecule has 2 rings (SSSR count). The molecule has 0 spiro atoms. The lowest BCUT2D eigenvalue weighted by atomic mass is 10.2. The van der Waals surface area contributed by atoms with Gasteiger partial charge in [0.15, 0.2) is 0 Å². The molecule has 2 aromatic rings. The van der Waals surface area contributed by atoms with Crippen molar-refractivity contribution in [2.75, 3.05) is 0 Å². The van der Waals surface area contributed by atoms with Gasteiger partial charge >= 0.3 is 5.69 Å². The first-order valence-corrected chi connectivity index (χ1v) is 7.25. The van der Waals surface area contributed by atoms with Crippen molar-refractivity contribution in [1.82, 2.24) is 14.5 Å². The van der Waals surface area contributed by atoms with Gasteiger partial charge in [0.05, 0.1) is 10.5 Å². The van der Waals surface area contributed by atoms with Crippen LogP contribution in [0.5, 0.6) is 0 Å². The Kier molecular flexibility index (Phi) is 5.28. The van der Waals surface area contributed by atoms with Crippen LogP contribution >= 0.6 is 0 Å². The van der Waals surface area contributed by atoms with Gasteiger partial charge in [0, 0.05) is 45.0 Å². The summed E-state index contributed by atoms with van der Waals surface area (Å²) in [6.45, 7) is 0.107. The lowest BCUT2D eigenvalue weighted by Crippen LogP contribution is -2.37. The molecule has 0 unspecified atom stereocenters. The summed E-state index contributed by atoms with van der Waals surface area (Å²) in [5, 5.41) is 13.3. The highest BCUT2D eigenvalue weighted by molar-refractivity contribution is 5.91. The lowest BCUT2D eigenvalue weighted by molar-refractivity contribution is -0.384. The van der Waals surface area contributed by atoms with Gasteiger partial charge in [0.2, 0.25) is 5.91 Å². The molecule has 0 fully saturated rings. The zero-order valence-corrected chi connectivity index (χ0v) is 13.6. The Balaban J connectivity index is 2.07. The first-order chi connectivity index (χ1) is 11.8. The van der Waals surface area contributed by atoms with Gasteiger partial charge in [-0.2, -0.15) is 0 Å². The average Bonchev–Trinajstić information content (AvgIpc) is 2.60. The molecule has 1 amide bonds. The molecule has 1 aromatic carbocycles. The van der Waals surface area contributed by atoms with Crippen molar-refractivity contribution in [2.24, 2.45) is 14.1 Å². The normalized spacial score (nSPS) is 10.8. The molecule has 9 heteroatoms. The minimum atomic E-state index is -0.513. The maximum atomic E-state index is 11.9. The van der Waals surface area contributed by atoms with E-state index in [0.29, 0.717) is 5.56 Å². The fourth-order valence-electron chi connectivity index (χ4n) is 2.14. The molecule has 0 aliphatic rings. The third kappa shape index (κ3) is 4.28. The number of hydrogen-bond acceptors (Lipinski definition) is 5. The second-order valence-electron chi connectivity index (χ2n) is 5.32. The zero-order valence-electron chi connectivity index (χ0n) is 13.6. The Morgan fingerprint density at radius 1 is 1.32 bits per heavy atom. The van der Waals surface area contributed by atoms with E-state index < -0.39 is 22.1 Å². The van der Waals surface area contributed by atoms with Gasteiger partial charge in [-0.3, -0.25) is 24.3 Å². The lowest BCUT2D eigenvalue weighted by Gasteiger charge is -2.04. The molecule has 1 N–H and O–H groups in total. The number of nitrogens with zero attached hydrogens (tertiary/aromatic N) is 3. The van der Waals surface area contributed by atoms with E-state index in [1.54, 1.807) is 6.07 Å². The monoisotopic (exact) mass is 344 g/mol. The van der Waals surface area contributed by atoms with Crippen LogP contribution in [0, 0.1) is 10.1 Å². The third-order valence-corrected chi connectivity index (χ3v) is 3.48. The van der Waals surface area contributed by atoms with Crippen LogP contribution in [-0.4, -0.2) is 20.0 Å². The smallest absolute Gasteiger partial charge is 0.330 e. The summed E-state index contributed by atoms with van der Waals surface area (Å²) in [5.41, 5.74) is -0.261. The van der Waals surface area contributed by atoms with Crippen molar-refractivity contribution in [2.45, 2.75) is 6.54 Å². The van der Waals surface area contributed by atoms with Crippen molar-refractivity contribution in [3.05, 3.63) is 78.6 Å². The van der Waals surface area contributed by atoms with E-state index in [-0.39, 0.29) is 17.8 Å². The summed E-state index contributed by atoms with van der Waals surface area (Å²) >= 11 is 0. The van der Waals surface area contributed by atoms with E-state index in [1.807, 2.05) is 0 Å². The zero-order chi connectivity index (χ0) is 18.6. The molecule has 25 heavy (non-hydrogen) atoms. The van der Waals surface area contributed by atoms with Crippen molar-refractivity contribution >= 4 is 17.7 Å². The van der Waals surface area contributed by atoms with Crippen molar-refractivity contribution in [3.63, 3.8) is 0 Å². The molecule has 0 radical (unpaired) electrons. The van der Waals surface area contributed by atoms with Gasteiger partial charge in [-0.25, -0.2) is 4.79 Å². The Morgan fingerprint density at radius 2 is 2.04 bits per heavy atom. The molecule has 0 saturated heterocycles. The second-order valence-corrected chi connectivity index (χ2v) is 5.32. The quantitative estimate of drug-likeness (QED) is 0.476. The van der Waals surface area contributed by atoms with E-state index in [4.69, 9.17) is 0 Å². The summed E-state index contributed by atoms with van der Waals surface area (Å²) in [6, 6.07) is 5.91. The molecular formula is C16H16N4O5. The number of nitro benzene ring substituents is 1. The van der Waals surface area contributed by atoms with Crippen LogP contribution in [0.25, 0.3) is 6.08 Å². The number of hydrogen-bond donors (Lipinski definition) is 1. The van der Waals surface area contributed by atoms with Crippen molar-refractivity contribution < 1.29 is 9.72 Å². The summed E-state index contributed by atoms with van der Waals surface area (Å²) < 4.78 is 2.18. The van der Waals surface area contributed by atoms with E-state index in [1.165, 1.54) is 55.2 Å². The average molecular weight is 344 g/mol. The Bertz CT molecular complexity index is 971. The Labute approximate surface area is 142 Å². The Morgan fingerprint density at radius 3 is 2.72 bits per heavy atom. The number of benzene rings is 1. The summed E-state index contributed by atoms with van der Waals surface area (Å²) in [7, 11) is 2.85. The molecule has 0 bridgehead atoms. The summed E-state index contributed by atoms with van der Waals surface area (Å²) in [4.78, 5) is 45.6. The topological polar surface area (TPSA) is 116 Å². The van der Waals surface area contributed by atoms with Crippen LogP contribution in [0.3, 0.4) is 0 Å². The number of nitro groups is 1. The van der Waals surface area contributed by atoms with Crippen molar-refractivity contribution in [3.8, 4) is 0 Å². The first-order valence-electron chi connectivity index (χ1n) is 7.25. The first kappa shape index (κ1) is 17.9. The van der Waals surface area contributed by atoms with Crippen LogP contribution in [0.1, 0.15) is 11.1 Å². The molecule has 1 aromatic heterocycles. The van der Waals surface area contributed by atoms with Gasteiger partial charge in [-0.1, -0.05) is 12.1 Å². The highest BCUT2D eigenvalue weighted by Gasteiger charge is 2.07. The van der Waals surface area contributed by atoms with Crippen LogP contribution < -0.4 is 16.6 Å².